The minimum Gasteiger partial charge on any atom is -0.480 e. The first kappa shape index (κ1) is 48.9. The first-order valence-electron chi connectivity index (χ1n) is 20.0. The van der Waals surface area contributed by atoms with Crippen LogP contribution in [-0.2, 0) is 46.5 Å². The lowest BCUT2D eigenvalue weighted by Gasteiger charge is -2.34. The van der Waals surface area contributed by atoms with Crippen molar-refractivity contribution in [2.24, 2.45) is 0 Å². The molecule has 0 saturated heterocycles. The van der Waals surface area contributed by atoms with Gasteiger partial charge < -0.3 is 41.1 Å². The van der Waals surface area contributed by atoms with Gasteiger partial charge in [0.2, 0.25) is 11.8 Å². The number of nitrogens with zero attached hydrogens (tertiary/aromatic N) is 4. The van der Waals surface area contributed by atoms with Crippen LogP contribution in [0.5, 0.6) is 0 Å². The molecule has 1 heterocycles. The van der Waals surface area contributed by atoms with E-state index in [1.54, 1.807) is 29.2 Å². The van der Waals surface area contributed by atoms with E-state index < -0.39 is 68.6 Å². The summed E-state index contributed by atoms with van der Waals surface area (Å²) in [6.07, 6.45) is 1.04. The molecule has 0 bridgehead atoms. The quantitative estimate of drug-likeness (QED) is 0.0347. The second kappa shape index (κ2) is 24.7. The van der Waals surface area contributed by atoms with Crippen molar-refractivity contribution in [3.05, 3.63) is 95.1 Å². The summed E-state index contributed by atoms with van der Waals surface area (Å²) in [6, 6.07) is 21.1. The molecule has 1 aliphatic heterocycles. The zero-order chi connectivity index (χ0) is 45.9. The molecule has 3 aromatic rings. The van der Waals surface area contributed by atoms with Crippen LogP contribution in [0, 0.1) is 11.8 Å². The van der Waals surface area contributed by atoms with Gasteiger partial charge in [0, 0.05) is 61.9 Å². The largest absolute Gasteiger partial charge is 0.480 e. The standard InChI is InChI=1S/C44H50N6O12S/c51-37(17-18-39(52)50-23-33-8-2-1-6-31(33)13-14-32-7-3-4-9-36(32)50)45-19-5-10-38(63)46-34-15-11-30(12-16-34)22-35(49(28-43(59)60)29-44(61)62)24-47(25-40(53)54)20-21-48(26-41(55)56)27-42(57)58/h1-4,6-9,11-12,15-16,35H,5,10,17-29H2,(H,45,51)(H,46,63)(H,53,54)(H,55,56)(H,57,58)(H,59,60)(H,61,62)/t35-/m0/s1. The molecule has 18 nitrogen and oxygen atoms in total. The van der Waals surface area contributed by atoms with E-state index in [9.17, 15) is 59.1 Å². The molecule has 0 radical (unpaired) electrons. The predicted octanol–water partition coefficient (Wildman–Crippen LogP) is 2.29. The van der Waals surface area contributed by atoms with Gasteiger partial charge in [0.1, 0.15) is 0 Å². The molecule has 1 atom stereocenters. The van der Waals surface area contributed by atoms with E-state index in [1.807, 2.05) is 48.5 Å². The molecule has 0 fully saturated rings. The van der Waals surface area contributed by atoms with Crippen LogP contribution in [0.4, 0.5) is 11.4 Å². The Bertz CT molecular complexity index is 2180. The number of rotatable bonds is 26. The molecule has 19 heteroatoms. The van der Waals surface area contributed by atoms with E-state index in [4.69, 9.17) is 12.2 Å². The number of anilines is 2. The highest BCUT2D eigenvalue weighted by atomic mass is 32.1. The lowest BCUT2D eigenvalue weighted by atomic mass is 10.0. The number of carboxylic acid groups (broad SMARTS) is 5. The third kappa shape index (κ3) is 17.3. The molecule has 4 rings (SSSR count). The maximum atomic E-state index is 13.5. The second-order valence-corrected chi connectivity index (χ2v) is 15.3. The Morgan fingerprint density at radius 2 is 1.22 bits per heavy atom. The minimum absolute atomic E-state index is 0.000875. The van der Waals surface area contributed by atoms with Crippen LogP contribution in [0.3, 0.4) is 0 Å². The molecule has 7 N–H and O–H groups in total. The molecular formula is C44H50N6O12S. The van der Waals surface area contributed by atoms with Gasteiger partial charge in [-0.05, 0) is 60.7 Å². The Hall–Kier alpha value is -6.72. The highest BCUT2D eigenvalue weighted by Gasteiger charge is 2.28. The fraction of sp³-hybridized carbons (Fsp3) is 0.364. The summed E-state index contributed by atoms with van der Waals surface area (Å²) in [4.78, 5) is 90.0. The van der Waals surface area contributed by atoms with Crippen LogP contribution in [0.2, 0.25) is 0 Å². The predicted molar refractivity (Wildman–Crippen MR) is 234 cm³/mol. The van der Waals surface area contributed by atoms with Gasteiger partial charge in [0.15, 0.2) is 0 Å². The number of hydrogen-bond acceptors (Lipinski definition) is 11. The van der Waals surface area contributed by atoms with Gasteiger partial charge >= 0.3 is 29.8 Å². The topological polar surface area (TPSA) is 258 Å². The second-order valence-electron chi connectivity index (χ2n) is 14.8. The van der Waals surface area contributed by atoms with Gasteiger partial charge in [-0.2, -0.15) is 0 Å². The molecule has 3 aromatic carbocycles. The van der Waals surface area contributed by atoms with Gasteiger partial charge in [-0.15, -0.1) is 0 Å². The SMILES string of the molecule is O=C(O)CN(CCN(CC(=O)O)C[C@H](Cc1ccc(NC(=S)CCCNC(=O)CCC(=O)N2Cc3ccccc3C#Cc3ccccc32)cc1)N(CC(=O)O)CC(=O)O)CC(=O)O. The fourth-order valence-electron chi connectivity index (χ4n) is 6.92. The van der Waals surface area contributed by atoms with Crippen LogP contribution in [0.15, 0.2) is 72.8 Å². The van der Waals surface area contributed by atoms with Crippen molar-refractivity contribution in [3.8, 4) is 11.8 Å². The maximum absolute atomic E-state index is 13.5. The zero-order valence-electron chi connectivity index (χ0n) is 34.4. The van der Waals surface area contributed by atoms with Crippen molar-refractivity contribution in [1.82, 2.24) is 20.0 Å². The Kier molecular flexibility index (Phi) is 19.2. The summed E-state index contributed by atoms with van der Waals surface area (Å²) in [6.45, 7) is -2.89. The van der Waals surface area contributed by atoms with Crippen molar-refractivity contribution in [2.45, 2.75) is 44.7 Å². The lowest BCUT2D eigenvalue weighted by molar-refractivity contribution is -0.144. The zero-order valence-corrected chi connectivity index (χ0v) is 35.2. The van der Waals surface area contributed by atoms with Crippen molar-refractivity contribution < 1.29 is 59.1 Å². The van der Waals surface area contributed by atoms with Crippen molar-refractivity contribution >= 4 is 70.2 Å². The summed E-state index contributed by atoms with van der Waals surface area (Å²) in [7, 11) is 0. The molecule has 63 heavy (non-hydrogen) atoms. The number of nitrogens with one attached hydrogen (secondary N) is 2. The molecule has 0 aromatic heterocycles. The fourth-order valence-corrected chi connectivity index (χ4v) is 7.18. The highest BCUT2D eigenvalue weighted by Crippen LogP contribution is 2.26. The number of carbonyl (C=O) groups is 7. The van der Waals surface area contributed by atoms with Crippen molar-refractivity contribution in [1.29, 1.82) is 0 Å². The van der Waals surface area contributed by atoms with Crippen molar-refractivity contribution in [2.75, 3.05) is 69.1 Å². The Morgan fingerprint density at radius 3 is 1.86 bits per heavy atom. The number of benzene rings is 3. The molecule has 0 spiro atoms. The molecule has 2 amide bonds. The van der Waals surface area contributed by atoms with Crippen LogP contribution in [-0.4, -0.2) is 152 Å². The van der Waals surface area contributed by atoms with Gasteiger partial charge in [-0.3, -0.25) is 48.3 Å². The molecule has 0 aliphatic carbocycles. The van der Waals surface area contributed by atoms with Crippen LogP contribution in [0.25, 0.3) is 0 Å². The summed E-state index contributed by atoms with van der Waals surface area (Å²) in [5.74, 6) is -0.566. The normalized spacial score (nSPS) is 12.2. The van der Waals surface area contributed by atoms with Gasteiger partial charge in [-0.25, -0.2) is 0 Å². The van der Waals surface area contributed by atoms with E-state index in [0.717, 1.165) is 21.6 Å². The monoisotopic (exact) mass is 886 g/mol. The number of para-hydroxylation sites is 1. The number of fused-ring (bicyclic) bond motifs is 2. The Balaban J connectivity index is 1.30. The Labute approximate surface area is 369 Å². The highest BCUT2D eigenvalue weighted by molar-refractivity contribution is 7.80. The number of carbonyl (C=O) groups excluding carboxylic acids is 2. The third-order valence-electron chi connectivity index (χ3n) is 9.82. The maximum Gasteiger partial charge on any atom is 0.317 e. The number of thiocarbonyl (C=S) groups is 1. The molecule has 334 valence electrons. The summed E-state index contributed by atoms with van der Waals surface area (Å²) < 4.78 is 0. The minimum atomic E-state index is -1.31. The van der Waals surface area contributed by atoms with Crippen LogP contribution < -0.4 is 15.5 Å². The number of hydrogen-bond donors (Lipinski definition) is 7. The number of amides is 2. The van der Waals surface area contributed by atoms with Gasteiger partial charge in [-0.1, -0.05) is 66.5 Å². The summed E-state index contributed by atoms with van der Waals surface area (Å²) >= 11 is 5.52. The average molecular weight is 887 g/mol. The van der Waals surface area contributed by atoms with E-state index in [-0.39, 0.29) is 50.7 Å². The van der Waals surface area contributed by atoms with E-state index in [1.165, 1.54) is 9.80 Å². The summed E-state index contributed by atoms with van der Waals surface area (Å²) in [5, 5.41) is 53.2. The van der Waals surface area contributed by atoms with E-state index in [0.29, 0.717) is 47.9 Å². The average Bonchev–Trinajstić information content (AvgIpc) is 3.20. The Morgan fingerprint density at radius 1 is 0.667 bits per heavy atom. The first-order valence-corrected chi connectivity index (χ1v) is 20.4. The number of aliphatic carboxylic acids is 5. The smallest absolute Gasteiger partial charge is 0.317 e. The van der Waals surface area contributed by atoms with E-state index in [2.05, 4.69) is 22.5 Å². The van der Waals surface area contributed by atoms with Crippen LogP contribution >= 0.6 is 12.2 Å². The molecule has 0 unspecified atom stereocenters. The van der Waals surface area contributed by atoms with E-state index >= 15 is 0 Å². The molecular weight excluding hydrogens is 837 g/mol. The lowest BCUT2D eigenvalue weighted by Crippen LogP contribution is -2.51. The summed E-state index contributed by atoms with van der Waals surface area (Å²) in [5.41, 5.74) is 4.46. The van der Waals surface area contributed by atoms with Gasteiger partial charge in [0.05, 0.1) is 49.9 Å². The number of carboxylic acids is 5. The first-order chi connectivity index (χ1) is 30.1. The van der Waals surface area contributed by atoms with Crippen LogP contribution in [0.1, 0.15) is 47.9 Å². The van der Waals surface area contributed by atoms with Crippen molar-refractivity contribution in [3.63, 3.8) is 0 Å². The molecule has 1 aliphatic rings. The molecule has 0 saturated carbocycles. The third-order valence-corrected chi connectivity index (χ3v) is 10.1. The van der Waals surface area contributed by atoms with Gasteiger partial charge in [0.25, 0.3) is 0 Å².